The SMILES string of the molecule is Cc1ccc(C)c(/C=C/C(=O)c2ccc(N(C)C)cc2)c1. The number of benzene rings is 2. The zero-order valence-electron chi connectivity index (χ0n) is 13.1. The molecule has 0 saturated carbocycles. The van der Waals surface area contributed by atoms with Crippen LogP contribution in [0.2, 0.25) is 0 Å². The van der Waals surface area contributed by atoms with Crippen molar-refractivity contribution >= 4 is 17.5 Å². The molecule has 0 atom stereocenters. The Bertz CT molecular complexity index is 666. The molecule has 0 amide bonds. The Kier molecular flexibility index (Phi) is 4.59. The Morgan fingerprint density at radius 3 is 2.29 bits per heavy atom. The molecule has 0 unspecified atom stereocenters. The van der Waals surface area contributed by atoms with Crippen LogP contribution in [0.15, 0.2) is 48.5 Å². The molecule has 0 bridgehead atoms. The van der Waals surface area contributed by atoms with E-state index in [4.69, 9.17) is 0 Å². The van der Waals surface area contributed by atoms with Gasteiger partial charge in [-0.1, -0.05) is 29.8 Å². The third-order valence-electron chi connectivity index (χ3n) is 3.52. The zero-order valence-corrected chi connectivity index (χ0v) is 13.1. The summed E-state index contributed by atoms with van der Waals surface area (Å²) < 4.78 is 0. The van der Waals surface area contributed by atoms with Crippen LogP contribution in [0.25, 0.3) is 6.08 Å². The number of allylic oxidation sites excluding steroid dienone is 1. The molecule has 2 nitrogen and oxygen atoms in total. The summed E-state index contributed by atoms with van der Waals surface area (Å²) in [4.78, 5) is 14.2. The molecule has 21 heavy (non-hydrogen) atoms. The Morgan fingerprint density at radius 2 is 1.67 bits per heavy atom. The highest BCUT2D eigenvalue weighted by molar-refractivity contribution is 6.07. The number of rotatable bonds is 4. The van der Waals surface area contributed by atoms with E-state index in [0.717, 1.165) is 11.3 Å². The topological polar surface area (TPSA) is 20.3 Å². The quantitative estimate of drug-likeness (QED) is 0.615. The standard InChI is InChI=1S/C19H21NO/c1-14-5-6-15(2)17(13-14)9-12-19(21)16-7-10-18(11-8-16)20(3)4/h5-13H,1-4H3/b12-9+. The molecule has 0 aliphatic heterocycles. The predicted molar refractivity (Wildman–Crippen MR) is 90.0 cm³/mol. The maximum Gasteiger partial charge on any atom is 0.185 e. The second-order valence-electron chi connectivity index (χ2n) is 5.50. The van der Waals surface area contributed by atoms with Crippen LogP contribution >= 0.6 is 0 Å². The van der Waals surface area contributed by atoms with E-state index in [0.29, 0.717) is 5.56 Å². The number of aryl methyl sites for hydroxylation is 2. The molecule has 0 saturated heterocycles. The Morgan fingerprint density at radius 1 is 1.00 bits per heavy atom. The zero-order chi connectivity index (χ0) is 15.4. The second-order valence-corrected chi connectivity index (χ2v) is 5.50. The molecule has 0 aliphatic carbocycles. The van der Waals surface area contributed by atoms with Crippen LogP contribution in [-0.2, 0) is 0 Å². The van der Waals surface area contributed by atoms with Crippen LogP contribution < -0.4 is 4.90 Å². The van der Waals surface area contributed by atoms with Crippen molar-refractivity contribution in [3.05, 3.63) is 70.8 Å². The summed E-state index contributed by atoms with van der Waals surface area (Å²) in [5, 5.41) is 0. The van der Waals surface area contributed by atoms with Gasteiger partial charge in [-0.05, 0) is 55.3 Å². The number of carbonyl (C=O) groups is 1. The first-order valence-corrected chi connectivity index (χ1v) is 7.04. The maximum atomic E-state index is 12.2. The van der Waals surface area contributed by atoms with Crippen molar-refractivity contribution in [1.82, 2.24) is 0 Å². The molecule has 108 valence electrons. The molecule has 2 heteroatoms. The predicted octanol–water partition coefficient (Wildman–Crippen LogP) is 4.27. The summed E-state index contributed by atoms with van der Waals surface area (Å²) in [5.41, 5.74) is 5.26. The van der Waals surface area contributed by atoms with Crippen LogP contribution in [0.1, 0.15) is 27.0 Å². The molecule has 2 rings (SSSR count). The van der Waals surface area contributed by atoms with Crippen molar-refractivity contribution in [2.24, 2.45) is 0 Å². The van der Waals surface area contributed by atoms with Gasteiger partial charge in [-0.2, -0.15) is 0 Å². The average Bonchev–Trinajstić information content (AvgIpc) is 2.48. The normalized spacial score (nSPS) is 10.9. The largest absolute Gasteiger partial charge is 0.378 e. The van der Waals surface area contributed by atoms with Crippen molar-refractivity contribution in [2.45, 2.75) is 13.8 Å². The summed E-state index contributed by atoms with van der Waals surface area (Å²) in [6, 6.07) is 13.9. The summed E-state index contributed by atoms with van der Waals surface area (Å²) in [7, 11) is 3.97. The highest BCUT2D eigenvalue weighted by Crippen LogP contribution is 2.15. The van der Waals surface area contributed by atoms with E-state index < -0.39 is 0 Å². The van der Waals surface area contributed by atoms with Gasteiger partial charge in [0.15, 0.2) is 5.78 Å². The number of nitrogens with zero attached hydrogens (tertiary/aromatic N) is 1. The molecule has 2 aromatic rings. The molecule has 0 aliphatic rings. The van der Waals surface area contributed by atoms with E-state index in [1.165, 1.54) is 11.1 Å². The lowest BCUT2D eigenvalue weighted by molar-refractivity contribution is 0.104. The second kappa shape index (κ2) is 6.40. The third-order valence-corrected chi connectivity index (χ3v) is 3.52. The smallest absolute Gasteiger partial charge is 0.185 e. The Labute approximate surface area is 126 Å². The molecule has 0 N–H and O–H groups in total. The van der Waals surface area contributed by atoms with Gasteiger partial charge in [0.1, 0.15) is 0 Å². The number of anilines is 1. The number of ketones is 1. The molecular formula is C19H21NO. The molecule has 0 spiro atoms. The minimum Gasteiger partial charge on any atom is -0.378 e. The van der Waals surface area contributed by atoms with Crippen molar-refractivity contribution in [3.63, 3.8) is 0 Å². The van der Waals surface area contributed by atoms with Crippen LogP contribution in [0.3, 0.4) is 0 Å². The van der Waals surface area contributed by atoms with Gasteiger partial charge in [-0.15, -0.1) is 0 Å². The molecule has 0 fully saturated rings. The van der Waals surface area contributed by atoms with Crippen molar-refractivity contribution in [1.29, 1.82) is 0 Å². The third kappa shape index (κ3) is 3.82. The Balaban J connectivity index is 2.17. The maximum absolute atomic E-state index is 12.2. The van der Waals surface area contributed by atoms with E-state index in [1.807, 2.05) is 49.3 Å². The van der Waals surface area contributed by atoms with E-state index in [-0.39, 0.29) is 5.78 Å². The van der Waals surface area contributed by atoms with Crippen molar-refractivity contribution < 1.29 is 4.79 Å². The Hall–Kier alpha value is -2.35. The lowest BCUT2D eigenvalue weighted by atomic mass is 10.0. The summed E-state index contributed by atoms with van der Waals surface area (Å²) >= 11 is 0. The van der Waals surface area contributed by atoms with Gasteiger partial charge in [-0.3, -0.25) is 4.79 Å². The molecular weight excluding hydrogens is 258 g/mol. The summed E-state index contributed by atoms with van der Waals surface area (Å²) in [6.45, 7) is 4.11. The highest BCUT2D eigenvalue weighted by atomic mass is 16.1. The summed E-state index contributed by atoms with van der Waals surface area (Å²) in [5.74, 6) is 0.0289. The van der Waals surface area contributed by atoms with Gasteiger partial charge in [0, 0.05) is 25.3 Å². The van der Waals surface area contributed by atoms with Crippen LogP contribution in [-0.4, -0.2) is 19.9 Å². The minimum absolute atomic E-state index is 0.0289. The van der Waals surface area contributed by atoms with Crippen molar-refractivity contribution in [2.75, 3.05) is 19.0 Å². The van der Waals surface area contributed by atoms with Gasteiger partial charge in [-0.25, -0.2) is 0 Å². The fraction of sp³-hybridized carbons (Fsp3) is 0.211. The van der Waals surface area contributed by atoms with Crippen LogP contribution in [0.5, 0.6) is 0 Å². The van der Waals surface area contributed by atoms with E-state index in [1.54, 1.807) is 6.08 Å². The van der Waals surface area contributed by atoms with Crippen LogP contribution in [0.4, 0.5) is 5.69 Å². The monoisotopic (exact) mass is 279 g/mol. The number of hydrogen-bond donors (Lipinski definition) is 0. The van der Waals surface area contributed by atoms with Gasteiger partial charge >= 0.3 is 0 Å². The van der Waals surface area contributed by atoms with E-state index in [9.17, 15) is 4.79 Å². The van der Waals surface area contributed by atoms with Gasteiger partial charge in [0.2, 0.25) is 0 Å². The molecule has 2 aromatic carbocycles. The first-order chi connectivity index (χ1) is 9.97. The van der Waals surface area contributed by atoms with Gasteiger partial charge < -0.3 is 4.90 Å². The molecule has 0 heterocycles. The van der Waals surface area contributed by atoms with E-state index in [2.05, 4.69) is 32.0 Å². The van der Waals surface area contributed by atoms with Gasteiger partial charge in [0.25, 0.3) is 0 Å². The fourth-order valence-electron chi connectivity index (χ4n) is 2.12. The van der Waals surface area contributed by atoms with Crippen LogP contribution in [0, 0.1) is 13.8 Å². The highest BCUT2D eigenvalue weighted by Gasteiger charge is 2.03. The average molecular weight is 279 g/mol. The molecule has 0 aromatic heterocycles. The first kappa shape index (κ1) is 15.0. The number of hydrogen-bond acceptors (Lipinski definition) is 2. The fourth-order valence-corrected chi connectivity index (χ4v) is 2.12. The van der Waals surface area contributed by atoms with Crippen molar-refractivity contribution in [3.8, 4) is 0 Å². The minimum atomic E-state index is 0.0289. The van der Waals surface area contributed by atoms with E-state index >= 15 is 0 Å². The first-order valence-electron chi connectivity index (χ1n) is 7.04. The summed E-state index contributed by atoms with van der Waals surface area (Å²) in [6.07, 6.45) is 3.54. The number of carbonyl (C=O) groups excluding carboxylic acids is 1. The lowest BCUT2D eigenvalue weighted by Crippen LogP contribution is -2.08. The lowest BCUT2D eigenvalue weighted by Gasteiger charge is -2.11. The van der Waals surface area contributed by atoms with Gasteiger partial charge in [0.05, 0.1) is 0 Å². The molecule has 0 radical (unpaired) electrons.